The summed E-state index contributed by atoms with van der Waals surface area (Å²) in [5.74, 6) is 4.34. The number of ether oxygens (including phenoxy) is 1. The number of piperidine rings is 1. The van der Waals surface area contributed by atoms with Crippen LogP contribution in [0.3, 0.4) is 0 Å². The van der Waals surface area contributed by atoms with Crippen molar-refractivity contribution in [1.82, 2.24) is 15.2 Å². The van der Waals surface area contributed by atoms with Crippen molar-refractivity contribution >= 4 is 0 Å². The van der Waals surface area contributed by atoms with Crippen molar-refractivity contribution in [2.24, 2.45) is 0 Å². The Balaban J connectivity index is 1.47. The molecule has 1 N–H and O–H groups in total. The van der Waals surface area contributed by atoms with Crippen molar-refractivity contribution in [1.29, 1.82) is 0 Å². The Bertz CT molecular complexity index is 889. The zero-order chi connectivity index (χ0) is 20.2. The molecule has 2 fully saturated rings. The van der Waals surface area contributed by atoms with Crippen LogP contribution in [0.2, 0.25) is 0 Å². The summed E-state index contributed by atoms with van der Waals surface area (Å²) in [6.45, 7) is 6.01. The quantitative estimate of drug-likeness (QED) is 0.723. The van der Waals surface area contributed by atoms with Crippen LogP contribution in [0.15, 0.2) is 30.5 Å². The molecule has 2 aliphatic rings. The Morgan fingerprint density at radius 3 is 2.69 bits per heavy atom. The highest BCUT2D eigenvalue weighted by Crippen LogP contribution is 2.45. The number of terminal acetylenes is 1. The van der Waals surface area contributed by atoms with Gasteiger partial charge in [-0.1, -0.05) is 5.92 Å². The topological polar surface area (TPSA) is 37.4 Å². The van der Waals surface area contributed by atoms with Crippen molar-refractivity contribution in [3.8, 4) is 29.4 Å². The van der Waals surface area contributed by atoms with Crippen LogP contribution in [0, 0.1) is 19.3 Å². The van der Waals surface area contributed by atoms with Crippen LogP contribution in [-0.2, 0) is 6.54 Å². The molecule has 4 nitrogen and oxygen atoms in total. The van der Waals surface area contributed by atoms with Crippen LogP contribution in [0.1, 0.15) is 48.3 Å². The molecular formula is C25H31N3O. The minimum absolute atomic E-state index is 0.552. The van der Waals surface area contributed by atoms with E-state index in [1.807, 2.05) is 6.20 Å². The van der Waals surface area contributed by atoms with Gasteiger partial charge in [0.1, 0.15) is 5.75 Å². The highest BCUT2D eigenvalue weighted by atomic mass is 16.5. The lowest BCUT2D eigenvalue weighted by Gasteiger charge is -2.32. The van der Waals surface area contributed by atoms with Crippen LogP contribution < -0.4 is 10.1 Å². The van der Waals surface area contributed by atoms with Crippen LogP contribution >= 0.6 is 0 Å². The van der Waals surface area contributed by atoms with Crippen LogP contribution in [0.25, 0.3) is 11.3 Å². The Labute approximate surface area is 174 Å². The van der Waals surface area contributed by atoms with Gasteiger partial charge in [-0.05, 0) is 92.6 Å². The van der Waals surface area contributed by atoms with Crippen molar-refractivity contribution in [2.75, 3.05) is 26.7 Å². The van der Waals surface area contributed by atoms with Gasteiger partial charge >= 0.3 is 0 Å². The number of nitrogens with zero attached hydrogens (tertiary/aromatic N) is 2. The van der Waals surface area contributed by atoms with E-state index in [-0.39, 0.29) is 0 Å². The standard InChI is InChI=1S/C25H31N3O/c1-4-10-26-22-8-12-28(13-9-22)17-19-7-11-27-24(14-19)21-15-23(20-5-6-20)18(2)25(16-21)29-3/h1,7,11,14-16,20,22,26H,5-6,8-10,12-13,17H2,2-3H3. The third-order valence-corrected chi connectivity index (χ3v) is 6.24. The zero-order valence-electron chi connectivity index (χ0n) is 17.6. The summed E-state index contributed by atoms with van der Waals surface area (Å²) in [5, 5.41) is 3.44. The molecule has 2 aromatic rings. The number of hydrogen-bond donors (Lipinski definition) is 1. The van der Waals surface area contributed by atoms with Gasteiger partial charge in [-0.3, -0.25) is 9.88 Å². The number of methoxy groups -OCH3 is 1. The molecule has 0 amide bonds. The van der Waals surface area contributed by atoms with E-state index in [0.717, 1.165) is 49.5 Å². The lowest BCUT2D eigenvalue weighted by Crippen LogP contribution is -2.42. The first-order valence-corrected chi connectivity index (χ1v) is 10.7. The van der Waals surface area contributed by atoms with E-state index >= 15 is 0 Å². The Kier molecular flexibility index (Phi) is 6.18. The predicted molar refractivity (Wildman–Crippen MR) is 118 cm³/mol. The summed E-state index contributed by atoms with van der Waals surface area (Å²) < 4.78 is 5.66. The summed E-state index contributed by atoms with van der Waals surface area (Å²) >= 11 is 0. The number of pyridine rings is 1. The minimum atomic E-state index is 0.552. The molecule has 1 aromatic carbocycles. The van der Waals surface area contributed by atoms with E-state index in [0.29, 0.717) is 18.5 Å². The monoisotopic (exact) mass is 389 g/mol. The molecule has 1 aliphatic carbocycles. The molecule has 4 heteroatoms. The predicted octanol–water partition coefficient (Wildman–Crippen LogP) is 4.13. The molecule has 1 aromatic heterocycles. The smallest absolute Gasteiger partial charge is 0.122 e. The molecule has 1 saturated carbocycles. The van der Waals surface area contributed by atoms with Crippen molar-refractivity contribution in [3.05, 3.63) is 47.2 Å². The summed E-state index contributed by atoms with van der Waals surface area (Å²) in [7, 11) is 1.76. The molecule has 152 valence electrons. The molecule has 0 radical (unpaired) electrons. The second kappa shape index (κ2) is 8.98. The highest BCUT2D eigenvalue weighted by molar-refractivity contribution is 5.65. The SMILES string of the molecule is C#CCNC1CCN(Cc2ccnc(-c3cc(OC)c(C)c(C4CC4)c3)c2)CC1. The molecule has 4 rings (SSSR count). The Morgan fingerprint density at radius 2 is 2.00 bits per heavy atom. The van der Waals surface area contributed by atoms with Gasteiger partial charge in [-0.25, -0.2) is 0 Å². The fourth-order valence-electron chi connectivity index (χ4n) is 4.37. The van der Waals surface area contributed by atoms with Gasteiger partial charge in [0.25, 0.3) is 0 Å². The second-order valence-corrected chi connectivity index (χ2v) is 8.35. The highest BCUT2D eigenvalue weighted by Gasteiger charge is 2.27. The third kappa shape index (κ3) is 4.80. The first-order valence-electron chi connectivity index (χ1n) is 10.7. The number of nitrogens with one attached hydrogen (secondary N) is 1. The molecule has 0 spiro atoms. The van der Waals surface area contributed by atoms with Gasteiger partial charge in [-0.15, -0.1) is 6.42 Å². The first-order chi connectivity index (χ1) is 14.2. The number of aromatic nitrogens is 1. The first kappa shape index (κ1) is 19.9. The molecule has 0 unspecified atom stereocenters. The van der Waals surface area contributed by atoms with Crippen molar-refractivity contribution in [2.45, 2.75) is 51.1 Å². The van der Waals surface area contributed by atoms with Crippen LogP contribution in [0.5, 0.6) is 5.75 Å². The van der Waals surface area contributed by atoms with Gasteiger partial charge in [-0.2, -0.15) is 0 Å². The number of hydrogen-bond acceptors (Lipinski definition) is 4. The number of likely N-dealkylation sites (tertiary alicyclic amines) is 1. The summed E-state index contributed by atoms with van der Waals surface area (Å²) in [5.41, 5.74) is 6.21. The third-order valence-electron chi connectivity index (χ3n) is 6.24. The molecular weight excluding hydrogens is 358 g/mol. The molecule has 29 heavy (non-hydrogen) atoms. The van der Waals surface area contributed by atoms with Gasteiger partial charge in [0.05, 0.1) is 19.3 Å². The molecule has 2 heterocycles. The fourth-order valence-corrected chi connectivity index (χ4v) is 4.37. The Hall–Kier alpha value is -2.35. The summed E-state index contributed by atoms with van der Waals surface area (Å²) in [6, 6.07) is 9.39. The maximum Gasteiger partial charge on any atom is 0.122 e. The Morgan fingerprint density at radius 1 is 1.21 bits per heavy atom. The van der Waals surface area contributed by atoms with E-state index in [1.54, 1.807) is 7.11 Å². The normalized spacial score (nSPS) is 17.8. The lowest BCUT2D eigenvalue weighted by atomic mass is 9.97. The summed E-state index contributed by atoms with van der Waals surface area (Å²) in [6.07, 6.45) is 12.2. The number of rotatable bonds is 7. The summed E-state index contributed by atoms with van der Waals surface area (Å²) in [4.78, 5) is 7.20. The van der Waals surface area contributed by atoms with E-state index < -0.39 is 0 Å². The van der Waals surface area contributed by atoms with E-state index in [1.165, 1.54) is 29.5 Å². The van der Waals surface area contributed by atoms with E-state index in [2.05, 4.69) is 52.3 Å². The van der Waals surface area contributed by atoms with Gasteiger partial charge in [0, 0.05) is 24.3 Å². The van der Waals surface area contributed by atoms with E-state index in [4.69, 9.17) is 11.2 Å². The van der Waals surface area contributed by atoms with Crippen LogP contribution in [-0.4, -0.2) is 42.7 Å². The van der Waals surface area contributed by atoms with Gasteiger partial charge < -0.3 is 10.1 Å². The van der Waals surface area contributed by atoms with Crippen LogP contribution in [0.4, 0.5) is 0 Å². The fraction of sp³-hybridized carbons (Fsp3) is 0.480. The van der Waals surface area contributed by atoms with Gasteiger partial charge in [0.15, 0.2) is 0 Å². The average Bonchev–Trinajstić information content (AvgIpc) is 3.59. The maximum atomic E-state index is 5.66. The second-order valence-electron chi connectivity index (χ2n) is 8.35. The molecule has 0 atom stereocenters. The largest absolute Gasteiger partial charge is 0.496 e. The molecule has 1 saturated heterocycles. The lowest BCUT2D eigenvalue weighted by molar-refractivity contribution is 0.193. The van der Waals surface area contributed by atoms with Gasteiger partial charge in [0.2, 0.25) is 0 Å². The maximum absolute atomic E-state index is 5.66. The minimum Gasteiger partial charge on any atom is -0.496 e. The van der Waals surface area contributed by atoms with Crippen molar-refractivity contribution < 1.29 is 4.74 Å². The van der Waals surface area contributed by atoms with E-state index in [9.17, 15) is 0 Å². The van der Waals surface area contributed by atoms with Crippen molar-refractivity contribution in [3.63, 3.8) is 0 Å². The molecule has 1 aliphatic heterocycles. The molecule has 0 bridgehead atoms. The zero-order valence-corrected chi connectivity index (χ0v) is 17.6. The number of benzene rings is 1. The average molecular weight is 390 g/mol.